The molecule has 0 aliphatic carbocycles. The molecule has 3 aromatic rings. The van der Waals surface area contributed by atoms with Crippen LogP contribution in [0.1, 0.15) is 20.2 Å². The molecule has 0 bridgehead atoms. The zero-order valence-corrected chi connectivity index (χ0v) is 17.7. The molecule has 2 heterocycles. The van der Waals surface area contributed by atoms with Gasteiger partial charge in [-0.2, -0.15) is 0 Å². The summed E-state index contributed by atoms with van der Waals surface area (Å²) in [5.74, 6) is -1.26. The third-order valence-corrected chi connectivity index (χ3v) is 5.68. The Bertz CT molecular complexity index is 1190. The number of aryl methyl sites for hydroxylation is 2. The topological polar surface area (TPSA) is 109 Å². The molecular weight excluding hydrogens is 418 g/mol. The third kappa shape index (κ3) is 4.26. The minimum absolute atomic E-state index is 0.121. The van der Waals surface area contributed by atoms with Crippen molar-refractivity contribution in [2.75, 3.05) is 23.4 Å². The van der Waals surface area contributed by atoms with Crippen molar-refractivity contribution in [3.8, 4) is 17.0 Å². The molecule has 2 aromatic carbocycles. The van der Waals surface area contributed by atoms with E-state index in [1.807, 2.05) is 26.0 Å². The largest absolute Gasteiger partial charge is 0.482 e. The van der Waals surface area contributed by atoms with Crippen LogP contribution in [0.5, 0.6) is 5.75 Å². The van der Waals surface area contributed by atoms with Crippen molar-refractivity contribution in [1.82, 2.24) is 4.98 Å². The van der Waals surface area contributed by atoms with Gasteiger partial charge in [-0.1, -0.05) is 0 Å². The normalized spacial score (nSPS) is 12.8. The zero-order valence-electron chi connectivity index (χ0n) is 16.8. The Balaban J connectivity index is 1.57. The first-order chi connectivity index (χ1) is 14.8. The average Bonchev–Trinajstić information content (AvgIpc) is 3.08. The Morgan fingerprint density at radius 1 is 1.19 bits per heavy atom. The van der Waals surface area contributed by atoms with Gasteiger partial charge in [0.25, 0.3) is 5.91 Å². The van der Waals surface area contributed by atoms with Gasteiger partial charge in [0, 0.05) is 16.1 Å². The number of carbonyl (C=O) groups excluding carboxylic acids is 2. The maximum absolute atomic E-state index is 12.6. The summed E-state index contributed by atoms with van der Waals surface area (Å²) in [6, 6.07) is 11.3. The molecule has 2 N–H and O–H groups in total. The van der Waals surface area contributed by atoms with E-state index in [1.54, 1.807) is 17.4 Å². The van der Waals surface area contributed by atoms with E-state index < -0.39 is 11.9 Å². The number of benzene rings is 2. The number of anilines is 2. The van der Waals surface area contributed by atoms with Crippen LogP contribution in [0.4, 0.5) is 11.4 Å². The first-order valence-electron chi connectivity index (χ1n) is 9.46. The molecule has 0 radical (unpaired) electrons. The van der Waals surface area contributed by atoms with Crippen molar-refractivity contribution in [1.29, 1.82) is 0 Å². The number of aromatic nitrogens is 1. The van der Waals surface area contributed by atoms with E-state index in [-0.39, 0.29) is 24.6 Å². The van der Waals surface area contributed by atoms with E-state index in [2.05, 4.69) is 10.3 Å². The fraction of sp³-hybridized carbons (Fsp3) is 0.182. The van der Waals surface area contributed by atoms with Crippen LogP contribution in [0.25, 0.3) is 11.3 Å². The second-order valence-corrected chi connectivity index (χ2v) is 8.43. The number of rotatable bonds is 5. The number of hydrogen-bond acceptors (Lipinski definition) is 6. The predicted molar refractivity (Wildman–Crippen MR) is 117 cm³/mol. The van der Waals surface area contributed by atoms with Crippen molar-refractivity contribution in [3.63, 3.8) is 0 Å². The van der Waals surface area contributed by atoms with Gasteiger partial charge in [-0.3, -0.25) is 14.5 Å². The van der Waals surface area contributed by atoms with Gasteiger partial charge < -0.3 is 15.2 Å². The molecule has 8 nitrogen and oxygen atoms in total. The molecule has 31 heavy (non-hydrogen) atoms. The van der Waals surface area contributed by atoms with Crippen LogP contribution in [0.15, 0.2) is 42.5 Å². The summed E-state index contributed by atoms with van der Waals surface area (Å²) in [6.45, 7) is 3.57. The van der Waals surface area contributed by atoms with Crippen LogP contribution < -0.4 is 15.0 Å². The minimum Gasteiger partial charge on any atom is -0.482 e. The molecule has 1 aliphatic heterocycles. The number of carboxylic acid groups (broad SMARTS) is 1. The van der Waals surface area contributed by atoms with Crippen LogP contribution in [-0.4, -0.2) is 41.0 Å². The lowest BCUT2D eigenvalue weighted by atomic mass is 10.1. The van der Waals surface area contributed by atoms with E-state index in [0.717, 1.165) is 21.1 Å². The lowest BCUT2D eigenvalue weighted by Crippen LogP contribution is -2.43. The van der Waals surface area contributed by atoms with Crippen molar-refractivity contribution in [2.45, 2.75) is 13.8 Å². The number of aromatic carboxylic acids is 1. The number of ether oxygens (including phenoxy) is 1. The van der Waals surface area contributed by atoms with Crippen LogP contribution in [0, 0.1) is 13.8 Å². The Morgan fingerprint density at radius 3 is 2.58 bits per heavy atom. The number of nitrogens with one attached hydrogen (secondary N) is 1. The highest BCUT2D eigenvalue weighted by Crippen LogP contribution is 2.37. The molecule has 0 saturated carbocycles. The first kappa shape index (κ1) is 20.5. The quantitative estimate of drug-likeness (QED) is 0.633. The molecule has 9 heteroatoms. The summed E-state index contributed by atoms with van der Waals surface area (Å²) in [4.78, 5) is 43.1. The fourth-order valence-corrected chi connectivity index (χ4v) is 4.20. The third-order valence-electron chi connectivity index (χ3n) is 4.80. The lowest BCUT2D eigenvalue weighted by molar-refractivity contribution is -0.123. The van der Waals surface area contributed by atoms with E-state index in [1.165, 1.54) is 29.2 Å². The standard InChI is InChI=1S/C22H19N3O5S/c1-12-21(23-13(2)31-12)15-5-8-18-17(9-15)25(20(27)11-30-18)10-19(26)24-16-6-3-14(4-7-16)22(28)29/h3-9H,10-11H2,1-2H3,(H,24,26)(H,28,29). The number of hydrogen-bond donors (Lipinski definition) is 2. The molecule has 0 unspecified atom stereocenters. The van der Waals surface area contributed by atoms with E-state index in [4.69, 9.17) is 9.84 Å². The number of carboxylic acids is 1. The van der Waals surface area contributed by atoms with Gasteiger partial charge in [0.2, 0.25) is 5.91 Å². The summed E-state index contributed by atoms with van der Waals surface area (Å²) in [5.41, 5.74) is 2.75. The molecule has 0 atom stereocenters. The SMILES string of the molecule is Cc1nc(-c2ccc3c(c2)N(CC(=O)Nc2ccc(C(=O)O)cc2)C(=O)CO3)c(C)s1. The Kier molecular flexibility index (Phi) is 5.43. The number of thiazole rings is 1. The lowest BCUT2D eigenvalue weighted by Gasteiger charge is -2.29. The van der Waals surface area contributed by atoms with Crippen LogP contribution in [-0.2, 0) is 9.59 Å². The molecule has 1 aromatic heterocycles. The van der Waals surface area contributed by atoms with Crippen molar-refractivity contribution in [2.24, 2.45) is 0 Å². The summed E-state index contributed by atoms with van der Waals surface area (Å²) >= 11 is 1.59. The smallest absolute Gasteiger partial charge is 0.335 e. The van der Waals surface area contributed by atoms with E-state index in [0.29, 0.717) is 17.1 Å². The molecule has 0 spiro atoms. The summed E-state index contributed by atoms with van der Waals surface area (Å²) in [7, 11) is 0. The molecule has 158 valence electrons. The predicted octanol–water partition coefficient (Wildman–Crippen LogP) is 3.49. The molecule has 0 fully saturated rings. The van der Waals surface area contributed by atoms with Crippen LogP contribution in [0.2, 0.25) is 0 Å². The van der Waals surface area contributed by atoms with Gasteiger partial charge in [0.15, 0.2) is 6.61 Å². The van der Waals surface area contributed by atoms with Gasteiger partial charge in [-0.05, 0) is 56.3 Å². The Morgan fingerprint density at radius 2 is 1.94 bits per heavy atom. The van der Waals surface area contributed by atoms with Gasteiger partial charge in [-0.25, -0.2) is 9.78 Å². The number of nitrogens with zero attached hydrogens (tertiary/aromatic N) is 2. The summed E-state index contributed by atoms with van der Waals surface area (Å²) in [5, 5.41) is 12.6. The second-order valence-electron chi connectivity index (χ2n) is 7.02. The van der Waals surface area contributed by atoms with E-state index >= 15 is 0 Å². The van der Waals surface area contributed by atoms with Gasteiger partial charge in [0.1, 0.15) is 12.3 Å². The van der Waals surface area contributed by atoms with Crippen molar-refractivity contribution < 1.29 is 24.2 Å². The second kappa shape index (κ2) is 8.19. The molecule has 4 rings (SSSR count). The maximum atomic E-state index is 12.6. The van der Waals surface area contributed by atoms with Crippen LogP contribution >= 0.6 is 11.3 Å². The number of fused-ring (bicyclic) bond motifs is 1. The van der Waals surface area contributed by atoms with Crippen molar-refractivity contribution >= 4 is 40.5 Å². The van der Waals surface area contributed by atoms with Crippen LogP contribution in [0.3, 0.4) is 0 Å². The highest BCUT2D eigenvalue weighted by atomic mass is 32.1. The average molecular weight is 437 g/mol. The molecule has 1 aliphatic rings. The molecular formula is C22H19N3O5S. The minimum atomic E-state index is -1.05. The van der Waals surface area contributed by atoms with Gasteiger partial charge >= 0.3 is 5.97 Å². The first-order valence-corrected chi connectivity index (χ1v) is 10.3. The Labute approximate surface area is 182 Å². The number of carbonyl (C=O) groups is 3. The van der Waals surface area contributed by atoms with E-state index in [9.17, 15) is 14.4 Å². The summed E-state index contributed by atoms with van der Waals surface area (Å²) < 4.78 is 5.53. The highest BCUT2D eigenvalue weighted by molar-refractivity contribution is 7.11. The molecule has 2 amide bonds. The van der Waals surface area contributed by atoms with Gasteiger partial charge in [0.05, 0.1) is 22.0 Å². The highest BCUT2D eigenvalue weighted by Gasteiger charge is 2.28. The summed E-state index contributed by atoms with van der Waals surface area (Å²) in [6.07, 6.45) is 0. The fourth-order valence-electron chi connectivity index (χ4n) is 3.36. The maximum Gasteiger partial charge on any atom is 0.335 e. The van der Waals surface area contributed by atoms with Gasteiger partial charge in [-0.15, -0.1) is 11.3 Å². The Hall–Kier alpha value is -3.72. The monoisotopic (exact) mass is 437 g/mol. The number of amides is 2. The molecule has 0 saturated heterocycles. The van der Waals surface area contributed by atoms with Crippen molar-refractivity contribution in [3.05, 3.63) is 57.9 Å². The zero-order chi connectivity index (χ0) is 22.1.